The summed E-state index contributed by atoms with van der Waals surface area (Å²) in [4.78, 5) is 11.9. The summed E-state index contributed by atoms with van der Waals surface area (Å²) in [6.45, 7) is 0.298. The normalized spacial score (nSPS) is 19.4. The maximum absolute atomic E-state index is 11.9. The van der Waals surface area contributed by atoms with Crippen LogP contribution in [0.4, 0.5) is 0 Å². The summed E-state index contributed by atoms with van der Waals surface area (Å²) >= 11 is 0. The summed E-state index contributed by atoms with van der Waals surface area (Å²) in [6.07, 6.45) is 3.57. The number of carbonyl (C=O) groups excluding carboxylic acids is 1. The van der Waals surface area contributed by atoms with Gasteiger partial charge in [-0.25, -0.2) is 0 Å². The molecule has 18 heavy (non-hydrogen) atoms. The van der Waals surface area contributed by atoms with E-state index in [1.807, 2.05) is 30.3 Å². The van der Waals surface area contributed by atoms with Crippen molar-refractivity contribution < 1.29 is 9.90 Å². The molecule has 0 aliphatic heterocycles. The fourth-order valence-electron chi connectivity index (χ4n) is 2.38. The van der Waals surface area contributed by atoms with Crippen molar-refractivity contribution in [1.82, 2.24) is 5.32 Å². The topological polar surface area (TPSA) is 75.4 Å². The van der Waals surface area contributed by atoms with E-state index in [-0.39, 0.29) is 5.91 Å². The number of carbonyl (C=O) groups is 1. The zero-order valence-electron chi connectivity index (χ0n) is 10.4. The highest BCUT2D eigenvalue weighted by molar-refractivity contribution is 5.82. The third-order valence-electron chi connectivity index (χ3n) is 3.57. The molecule has 1 aliphatic rings. The molecule has 0 bridgehead atoms. The second-order valence-corrected chi connectivity index (χ2v) is 5.04. The van der Waals surface area contributed by atoms with Gasteiger partial charge in [0.15, 0.2) is 0 Å². The van der Waals surface area contributed by atoms with Crippen molar-refractivity contribution in [3.63, 3.8) is 0 Å². The Labute approximate surface area is 107 Å². The third-order valence-corrected chi connectivity index (χ3v) is 3.57. The average Bonchev–Trinajstić information content (AvgIpc) is 2.83. The molecular weight excluding hydrogens is 228 g/mol. The molecule has 2 rings (SSSR count). The molecule has 1 aromatic rings. The summed E-state index contributed by atoms with van der Waals surface area (Å²) in [6, 6.07) is 8.58. The lowest BCUT2D eigenvalue weighted by atomic mass is 10.0. The van der Waals surface area contributed by atoms with Gasteiger partial charge in [0, 0.05) is 6.54 Å². The number of hydrogen-bond acceptors (Lipinski definition) is 3. The lowest BCUT2D eigenvalue weighted by Gasteiger charge is -2.23. The number of rotatable bonds is 4. The summed E-state index contributed by atoms with van der Waals surface area (Å²) in [5, 5.41) is 12.9. The maximum atomic E-state index is 11.9. The molecule has 4 heteroatoms. The van der Waals surface area contributed by atoms with E-state index < -0.39 is 11.6 Å². The Morgan fingerprint density at radius 1 is 1.33 bits per heavy atom. The van der Waals surface area contributed by atoms with Gasteiger partial charge in [0.2, 0.25) is 5.91 Å². The Balaban J connectivity index is 1.88. The van der Waals surface area contributed by atoms with Crippen LogP contribution in [0, 0.1) is 0 Å². The molecule has 0 aromatic heterocycles. The van der Waals surface area contributed by atoms with Crippen molar-refractivity contribution in [2.24, 2.45) is 5.73 Å². The lowest BCUT2D eigenvalue weighted by molar-refractivity contribution is -0.123. The van der Waals surface area contributed by atoms with Gasteiger partial charge in [-0.15, -0.1) is 0 Å². The van der Waals surface area contributed by atoms with Crippen LogP contribution in [0.2, 0.25) is 0 Å². The van der Waals surface area contributed by atoms with Crippen molar-refractivity contribution in [2.75, 3.05) is 6.54 Å². The molecule has 98 valence electrons. The zero-order valence-corrected chi connectivity index (χ0v) is 10.4. The summed E-state index contributed by atoms with van der Waals surface area (Å²) < 4.78 is 0. The largest absolute Gasteiger partial charge is 0.388 e. The fraction of sp³-hybridized carbons (Fsp3) is 0.500. The van der Waals surface area contributed by atoms with E-state index in [2.05, 4.69) is 5.32 Å². The van der Waals surface area contributed by atoms with Gasteiger partial charge >= 0.3 is 0 Å². The third kappa shape index (κ3) is 3.09. The van der Waals surface area contributed by atoms with Crippen molar-refractivity contribution in [3.8, 4) is 0 Å². The highest BCUT2D eigenvalue weighted by Crippen LogP contribution is 2.28. The van der Waals surface area contributed by atoms with Gasteiger partial charge in [-0.2, -0.15) is 0 Å². The molecule has 1 aromatic carbocycles. The van der Waals surface area contributed by atoms with Crippen LogP contribution >= 0.6 is 0 Å². The minimum absolute atomic E-state index is 0.235. The molecule has 4 N–H and O–H groups in total. The molecule has 0 spiro atoms. The first-order chi connectivity index (χ1) is 8.61. The van der Waals surface area contributed by atoms with E-state index in [0.717, 1.165) is 31.2 Å². The predicted molar refractivity (Wildman–Crippen MR) is 69.8 cm³/mol. The van der Waals surface area contributed by atoms with Gasteiger partial charge in [0.1, 0.15) is 6.04 Å². The first-order valence-electron chi connectivity index (χ1n) is 6.41. The Morgan fingerprint density at radius 2 is 1.94 bits per heavy atom. The second kappa shape index (κ2) is 5.50. The van der Waals surface area contributed by atoms with Crippen LogP contribution in [-0.2, 0) is 4.79 Å². The van der Waals surface area contributed by atoms with Gasteiger partial charge in [-0.05, 0) is 18.4 Å². The number of aliphatic hydroxyl groups is 1. The monoisotopic (exact) mass is 248 g/mol. The van der Waals surface area contributed by atoms with Crippen LogP contribution in [0.15, 0.2) is 30.3 Å². The van der Waals surface area contributed by atoms with E-state index >= 15 is 0 Å². The van der Waals surface area contributed by atoms with Gasteiger partial charge in [-0.1, -0.05) is 43.2 Å². The highest BCUT2D eigenvalue weighted by Gasteiger charge is 2.31. The minimum atomic E-state index is -0.730. The SMILES string of the molecule is NC(C(=O)NCC1(O)CCCC1)c1ccccc1. The molecule has 1 aliphatic carbocycles. The molecule has 4 nitrogen and oxygen atoms in total. The molecule has 0 radical (unpaired) electrons. The molecule has 0 heterocycles. The number of nitrogens with one attached hydrogen (secondary N) is 1. The molecule has 1 unspecified atom stereocenters. The zero-order chi connectivity index (χ0) is 13.0. The lowest BCUT2D eigenvalue weighted by Crippen LogP contribution is -2.44. The van der Waals surface area contributed by atoms with Crippen molar-refractivity contribution in [2.45, 2.75) is 37.3 Å². The first kappa shape index (κ1) is 13.1. The number of hydrogen-bond donors (Lipinski definition) is 3. The highest BCUT2D eigenvalue weighted by atomic mass is 16.3. The van der Waals surface area contributed by atoms with Gasteiger partial charge < -0.3 is 16.2 Å². The van der Waals surface area contributed by atoms with E-state index in [1.54, 1.807) is 0 Å². The standard InChI is InChI=1S/C14H20N2O2/c15-12(11-6-2-1-3-7-11)13(17)16-10-14(18)8-4-5-9-14/h1-3,6-7,12,18H,4-5,8-10,15H2,(H,16,17). The second-order valence-electron chi connectivity index (χ2n) is 5.04. The summed E-state index contributed by atoms with van der Waals surface area (Å²) in [7, 11) is 0. The molecule has 1 atom stereocenters. The van der Waals surface area contributed by atoms with E-state index in [1.165, 1.54) is 0 Å². The van der Waals surface area contributed by atoms with Crippen LogP contribution in [-0.4, -0.2) is 23.2 Å². The van der Waals surface area contributed by atoms with Crippen LogP contribution in [0.3, 0.4) is 0 Å². The quantitative estimate of drug-likeness (QED) is 0.747. The Bertz CT molecular complexity index is 400. The Hall–Kier alpha value is -1.39. The first-order valence-corrected chi connectivity index (χ1v) is 6.41. The van der Waals surface area contributed by atoms with Crippen molar-refractivity contribution in [1.29, 1.82) is 0 Å². The summed E-state index contributed by atoms with van der Waals surface area (Å²) in [5.74, 6) is -0.235. The van der Waals surface area contributed by atoms with Gasteiger partial charge in [0.25, 0.3) is 0 Å². The molecule has 1 fully saturated rings. The van der Waals surface area contributed by atoms with Gasteiger partial charge in [-0.3, -0.25) is 4.79 Å². The summed E-state index contributed by atoms with van der Waals surface area (Å²) in [5.41, 5.74) is 5.93. The van der Waals surface area contributed by atoms with Crippen molar-refractivity contribution in [3.05, 3.63) is 35.9 Å². The Morgan fingerprint density at radius 3 is 2.56 bits per heavy atom. The molecule has 1 amide bonds. The number of nitrogens with two attached hydrogens (primary N) is 1. The van der Waals surface area contributed by atoms with Gasteiger partial charge in [0.05, 0.1) is 5.60 Å². The fourth-order valence-corrected chi connectivity index (χ4v) is 2.38. The average molecular weight is 248 g/mol. The van der Waals surface area contributed by atoms with Crippen LogP contribution in [0.5, 0.6) is 0 Å². The van der Waals surface area contributed by atoms with Crippen LogP contribution in [0.25, 0.3) is 0 Å². The van der Waals surface area contributed by atoms with Crippen molar-refractivity contribution >= 4 is 5.91 Å². The molecule has 0 saturated heterocycles. The van der Waals surface area contributed by atoms with E-state index in [9.17, 15) is 9.90 Å². The molecule has 1 saturated carbocycles. The smallest absolute Gasteiger partial charge is 0.241 e. The predicted octanol–water partition coefficient (Wildman–Crippen LogP) is 1.11. The number of benzene rings is 1. The Kier molecular flexibility index (Phi) is 3.99. The minimum Gasteiger partial charge on any atom is -0.388 e. The molecular formula is C14H20N2O2. The van der Waals surface area contributed by atoms with E-state index in [0.29, 0.717) is 6.54 Å². The maximum Gasteiger partial charge on any atom is 0.241 e. The van der Waals surface area contributed by atoms with Crippen LogP contribution < -0.4 is 11.1 Å². The number of amides is 1. The van der Waals surface area contributed by atoms with Crippen LogP contribution in [0.1, 0.15) is 37.3 Å². The van der Waals surface area contributed by atoms with E-state index in [4.69, 9.17) is 5.73 Å².